The van der Waals surface area contributed by atoms with Gasteiger partial charge in [0, 0.05) is 12.4 Å². The number of rotatable bonds is 8. The van der Waals surface area contributed by atoms with Crippen LogP contribution in [0.25, 0.3) is 10.9 Å². The first kappa shape index (κ1) is 27.3. The standard InChI is InChI=1S/C28H33ClN6O3/c1-28(2,3)34-16-19(15-30)35-26(36)13-18-4-7-25(23(29)12-18)38-27-22-14-21(5-6-24(22)32-17-33-27)37-20-8-10-31-11-9-20/h4-7,12,14-17,20,31H,8-11,13,30H2,1-3H3,(H,35,36)/b19-15+,34-16?. The van der Waals surface area contributed by atoms with E-state index in [1.165, 1.54) is 12.5 Å². The molecule has 200 valence electrons. The monoisotopic (exact) mass is 536 g/mol. The smallest absolute Gasteiger partial charge is 0.230 e. The Morgan fingerprint density at radius 3 is 2.71 bits per heavy atom. The Hall–Kier alpha value is -3.69. The Labute approximate surface area is 227 Å². The van der Waals surface area contributed by atoms with Crippen molar-refractivity contribution in [3.63, 3.8) is 0 Å². The van der Waals surface area contributed by atoms with Crippen LogP contribution < -0.4 is 25.8 Å². The number of aromatic nitrogens is 2. The summed E-state index contributed by atoms with van der Waals surface area (Å²) in [6, 6.07) is 10.9. The number of carbonyl (C=O) groups is 1. The molecule has 4 rings (SSSR count). The molecular weight excluding hydrogens is 504 g/mol. The molecule has 0 unspecified atom stereocenters. The lowest BCUT2D eigenvalue weighted by molar-refractivity contribution is -0.119. The van der Waals surface area contributed by atoms with E-state index in [0.29, 0.717) is 27.9 Å². The Morgan fingerprint density at radius 1 is 1.21 bits per heavy atom. The minimum atomic E-state index is -0.279. The third kappa shape index (κ3) is 7.66. The first-order chi connectivity index (χ1) is 18.2. The summed E-state index contributed by atoms with van der Waals surface area (Å²) in [4.78, 5) is 25.6. The Morgan fingerprint density at radius 2 is 2.00 bits per heavy atom. The van der Waals surface area contributed by atoms with Crippen LogP contribution >= 0.6 is 11.6 Å². The van der Waals surface area contributed by atoms with Gasteiger partial charge >= 0.3 is 0 Å². The van der Waals surface area contributed by atoms with Crippen LogP contribution in [0.5, 0.6) is 17.4 Å². The maximum absolute atomic E-state index is 12.5. The first-order valence-electron chi connectivity index (χ1n) is 12.6. The number of fused-ring (bicyclic) bond motifs is 1. The summed E-state index contributed by atoms with van der Waals surface area (Å²) in [7, 11) is 0. The highest BCUT2D eigenvalue weighted by molar-refractivity contribution is 6.32. The van der Waals surface area contributed by atoms with Crippen molar-refractivity contribution in [2.24, 2.45) is 10.7 Å². The number of nitrogens with two attached hydrogens (primary N) is 1. The topological polar surface area (TPSA) is 124 Å². The quantitative estimate of drug-likeness (QED) is 0.361. The van der Waals surface area contributed by atoms with Crippen LogP contribution in [0.3, 0.4) is 0 Å². The highest BCUT2D eigenvalue weighted by atomic mass is 35.5. The van der Waals surface area contributed by atoms with E-state index in [1.54, 1.807) is 24.4 Å². The molecule has 1 aliphatic rings. The van der Waals surface area contributed by atoms with Crippen LogP contribution in [0.2, 0.25) is 5.02 Å². The Kier molecular flexibility index (Phi) is 8.81. The zero-order valence-electron chi connectivity index (χ0n) is 21.8. The predicted octanol–water partition coefficient (Wildman–Crippen LogP) is 4.53. The highest BCUT2D eigenvalue weighted by Gasteiger charge is 2.16. The van der Waals surface area contributed by atoms with Crippen molar-refractivity contribution in [1.82, 2.24) is 20.6 Å². The molecule has 0 aliphatic carbocycles. The second kappa shape index (κ2) is 12.2. The fourth-order valence-corrected chi connectivity index (χ4v) is 4.13. The second-order valence-electron chi connectivity index (χ2n) is 10.1. The Balaban J connectivity index is 1.45. The average molecular weight is 537 g/mol. The number of amides is 1. The summed E-state index contributed by atoms with van der Waals surface area (Å²) in [6.07, 6.45) is 6.51. The number of aliphatic imine (C=N–C) groups is 1. The number of ether oxygens (including phenoxy) is 2. The molecule has 2 aromatic carbocycles. The third-order valence-electron chi connectivity index (χ3n) is 5.78. The second-order valence-corrected chi connectivity index (χ2v) is 10.5. The van der Waals surface area contributed by atoms with E-state index in [0.717, 1.165) is 42.6 Å². The summed E-state index contributed by atoms with van der Waals surface area (Å²) >= 11 is 6.52. The van der Waals surface area contributed by atoms with Crippen LogP contribution in [-0.2, 0) is 11.2 Å². The molecule has 0 radical (unpaired) electrons. The molecule has 0 spiro atoms. The van der Waals surface area contributed by atoms with Gasteiger partial charge in [0.1, 0.15) is 23.9 Å². The van der Waals surface area contributed by atoms with Gasteiger partial charge in [0.25, 0.3) is 0 Å². The lowest BCUT2D eigenvalue weighted by Gasteiger charge is -2.24. The highest BCUT2D eigenvalue weighted by Crippen LogP contribution is 2.34. The Bertz CT molecular complexity index is 1350. The van der Waals surface area contributed by atoms with Crippen molar-refractivity contribution in [3.8, 4) is 17.4 Å². The van der Waals surface area contributed by atoms with Gasteiger partial charge in [0.05, 0.1) is 33.6 Å². The summed E-state index contributed by atoms with van der Waals surface area (Å²) in [5.74, 6) is 1.29. The lowest BCUT2D eigenvalue weighted by Crippen LogP contribution is -2.34. The fraction of sp³-hybridized carbons (Fsp3) is 0.357. The fourth-order valence-electron chi connectivity index (χ4n) is 3.88. The summed E-state index contributed by atoms with van der Waals surface area (Å²) in [5.41, 5.74) is 7.23. The largest absolute Gasteiger partial charge is 0.490 e. The molecule has 10 heteroatoms. The van der Waals surface area contributed by atoms with Crippen LogP contribution in [0.4, 0.5) is 0 Å². The van der Waals surface area contributed by atoms with Gasteiger partial charge in [-0.1, -0.05) is 17.7 Å². The van der Waals surface area contributed by atoms with Gasteiger partial charge in [-0.3, -0.25) is 9.79 Å². The molecule has 1 fully saturated rings. The van der Waals surface area contributed by atoms with Crippen LogP contribution in [0.15, 0.2) is 59.6 Å². The maximum Gasteiger partial charge on any atom is 0.230 e. The summed E-state index contributed by atoms with van der Waals surface area (Å²) in [5, 5.41) is 7.17. The van der Waals surface area contributed by atoms with E-state index in [2.05, 4.69) is 25.6 Å². The number of hydrogen-bond donors (Lipinski definition) is 3. The van der Waals surface area contributed by atoms with Crippen LogP contribution in [-0.4, -0.2) is 46.8 Å². The van der Waals surface area contributed by atoms with Crippen LogP contribution in [0, 0.1) is 0 Å². The normalized spacial score (nSPS) is 15.1. The molecular formula is C28H33ClN6O3. The summed E-state index contributed by atoms with van der Waals surface area (Å²) in [6.45, 7) is 7.76. The lowest BCUT2D eigenvalue weighted by atomic mass is 10.1. The van der Waals surface area contributed by atoms with E-state index in [9.17, 15) is 4.79 Å². The molecule has 2 heterocycles. The zero-order chi connectivity index (χ0) is 27.1. The summed E-state index contributed by atoms with van der Waals surface area (Å²) < 4.78 is 12.3. The predicted molar refractivity (Wildman–Crippen MR) is 150 cm³/mol. The van der Waals surface area contributed by atoms with E-state index in [-0.39, 0.29) is 24.0 Å². The molecule has 38 heavy (non-hydrogen) atoms. The molecule has 0 bridgehead atoms. The molecule has 0 atom stereocenters. The van der Waals surface area contributed by atoms with E-state index in [4.69, 9.17) is 26.8 Å². The minimum Gasteiger partial charge on any atom is -0.490 e. The van der Waals surface area contributed by atoms with E-state index >= 15 is 0 Å². The van der Waals surface area contributed by atoms with Gasteiger partial charge < -0.3 is 25.8 Å². The number of nitrogens with zero attached hydrogens (tertiary/aromatic N) is 3. The number of nitrogens with one attached hydrogen (secondary N) is 2. The molecule has 9 nitrogen and oxygen atoms in total. The van der Waals surface area contributed by atoms with E-state index < -0.39 is 0 Å². The third-order valence-corrected chi connectivity index (χ3v) is 6.08. The zero-order valence-corrected chi connectivity index (χ0v) is 22.6. The van der Waals surface area contributed by atoms with Crippen molar-refractivity contribution in [1.29, 1.82) is 0 Å². The minimum absolute atomic E-state index is 0.106. The number of allylic oxidation sites excluding steroid dienone is 1. The van der Waals surface area contributed by atoms with Crippen molar-refractivity contribution in [2.45, 2.75) is 51.7 Å². The number of halogens is 1. The van der Waals surface area contributed by atoms with Gasteiger partial charge in [-0.2, -0.15) is 0 Å². The maximum atomic E-state index is 12.5. The van der Waals surface area contributed by atoms with Gasteiger partial charge in [0.2, 0.25) is 11.8 Å². The van der Waals surface area contributed by atoms with Gasteiger partial charge in [-0.25, -0.2) is 9.97 Å². The van der Waals surface area contributed by atoms with Crippen molar-refractivity contribution < 1.29 is 14.3 Å². The van der Waals surface area contributed by atoms with Crippen molar-refractivity contribution >= 4 is 34.6 Å². The van der Waals surface area contributed by atoms with Gasteiger partial charge in [-0.05, 0) is 82.6 Å². The van der Waals surface area contributed by atoms with Crippen molar-refractivity contribution in [3.05, 3.63) is 65.2 Å². The average Bonchev–Trinajstić information content (AvgIpc) is 2.88. The molecule has 1 aromatic heterocycles. The number of benzene rings is 2. The van der Waals surface area contributed by atoms with E-state index in [1.807, 2.05) is 39.0 Å². The number of carbonyl (C=O) groups excluding carboxylic acids is 1. The first-order valence-corrected chi connectivity index (χ1v) is 12.9. The molecule has 1 saturated heterocycles. The number of hydrogen-bond acceptors (Lipinski definition) is 8. The molecule has 1 aliphatic heterocycles. The number of piperidine rings is 1. The van der Waals surface area contributed by atoms with Crippen LogP contribution in [0.1, 0.15) is 39.2 Å². The molecule has 4 N–H and O–H groups in total. The van der Waals surface area contributed by atoms with Gasteiger partial charge in [0.15, 0.2) is 0 Å². The van der Waals surface area contributed by atoms with Crippen molar-refractivity contribution in [2.75, 3.05) is 13.1 Å². The van der Waals surface area contributed by atoms with Gasteiger partial charge in [-0.15, -0.1) is 0 Å². The molecule has 3 aromatic rings. The molecule has 0 saturated carbocycles. The molecule has 1 amide bonds. The SMILES string of the molecule is CC(C)(C)N=C/C(=C\N)NC(=O)Cc1ccc(Oc2ncnc3ccc(OC4CCNCC4)cc23)c(Cl)c1.